The third-order valence-corrected chi connectivity index (χ3v) is 9.73. The highest BCUT2D eigenvalue weighted by Crippen LogP contribution is 2.38. The van der Waals surface area contributed by atoms with Gasteiger partial charge in [0.1, 0.15) is 0 Å². The lowest BCUT2D eigenvalue weighted by molar-refractivity contribution is -0.150. The first-order valence-corrected chi connectivity index (χ1v) is 19.4. The van der Waals surface area contributed by atoms with E-state index in [0.29, 0.717) is 0 Å². The number of carboxylic acids is 1. The maximum absolute atomic E-state index is 12.7. The molecule has 0 amide bonds. The molecule has 0 fully saturated rings. The van der Waals surface area contributed by atoms with E-state index in [2.05, 4.69) is 20.8 Å². The predicted molar refractivity (Wildman–Crippen MR) is 184 cm³/mol. The Labute approximate surface area is 260 Å². The minimum atomic E-state index is -0.490. The molecule has 0 aliphatic rings. The number of hydrogen-bond acceptors (Lipinski definition) is 1. The summed E-state index contributed by atoms with van der Waals surface area (Å²) in [7, 11) is 0. The Kier molecular flexibility index (Phi) is 32.0. The van der Waals surface area contributed by atoms with Crippen LogP contribution in [0.3, 0.4) is 0 Å². The van der Waals surface area contributed by atoms with Gasteiger partial charge in [-0.3, -0.25) is 4.79 Å². The third kappa shape index (κ3) is 26.8. The minimum Gasteiger partial charge on any atom is -0.481 e. The second-order valence-corrected chi connectivity index (χ2v) is 13.7. The van der Waals surface area contributed by atoms with E-state index >= 15 is 0 Å². The van der Waals surface area contributed by atoms with E-state index in [9.17, 15) is 9.90 Å². The molecule has 41 heavy (non-hydrogen) atoms. The summed E-state index contributed by atoms with van der Waals surface area (Å²) in [5.41, 5.74) is -0.459. The molecule has 0 saturated heterocycles. The zero-order chi connectivity index (χ0) is 30.1. The van der Waals surface area contributed by atoms with Gasteiger partial charge >= 0.3 is 5.97 Å². The zero-order valence-electron chi connectivity index (χ0n) is 28.9. The van der Waals surface area contributed by atoms with E-state index in [1.54, 1.807) is 0 Å². The predicted octanol–water partition coefficient (Wildman–Crippen LogP) is 14.4. The van der Waals surface area contributed by atoms with Gasteiger partial charge in [0.05, 0.1) is 5.41 Å². The first kappa shape index (κ1) is 40.5. The molecule has 0 radical (unpaired) electrons. The van der Waals surface area contributed by atoms with Gasteiger partial charge in [0.2, 0.25) is 0 Å². The van der Waals surface area contributed by atoms with Crippen molar-refractivity contribution in [3.63, 3.8) is 0 Å². The summed E-state index contributed by atoms with van der Waals surface area (Å²) in [5.74, 6) is -0.490. The number of aliphatic carboxylic acids is 1. The molecule has 0 aliphatic heterocycles. The largest absolute Gasteiger partial charge is 0.481 e. The van der Waals surface area contributed by atoms with Crippen LogP contribution in [0.2, 0.25) is 0 Å². The van der Waals surface area contributed by atoms with Crippen LogP contribution in [0.4, 0.5) is 0 Å². The molecular formula is C39H78O2. The Morgan fingerprint density at radius 2 is 0.512 bits per heavy atom. The minimum absolute atomic E-state index is 0.459. The van der Waals surface area contributed by atoms with E-state index < -0.39 is 11.4 Å². The lowest BCUT2D eigenvalue weighted by Crippen LogP contribution is -2.31. The first-order chi connectivity index (χ1) is 20.1. The maximum atomic E-state index is 12.7. The van der Waals surface area contributed by atoms with Gasteiger partial charge in [0, 0.05) is 0 Å². The van der Waals surface area contributed by atoms with E-state index in [1.807, 2.05) is 0 Å². The van der Waals surface area contributed by atoms with Gasteiger partial charge in [-0.05, 0) is 19.3 Å². The summed E-state index contributed by atoms with van der Waals surface area (Å²) in [4.78, 5) is 12.7. The van der Waals surface area contributed by atoms with E-state index in [0.717, 1.165) is 38.5 Å². The van der Waals surface area contributed by atoms with Crippen molar-refractivity contribution in [2.24, 2.45) is 5.41 Å². The monoisotopic (exact) mass is 579 g/mol. The fourth-order valence-electron chi connectivity index (χ4n) is 6.73. The lowest BCUT2D eigenvalue weighted by Gasteiger charge is -2.30. The maximum Gasteiger partial charge on any atom is 0.309 e. The molecule has 0 saturated carbocycles. The molecule has 246 valence electrons. The molecule has 0 rings (SSSR count). The van der Waals surface area contributed by atoms with Crippen molar-refractivity contribution in [2.75, 3.05) is 0 Å². The molecule has 2 nitrogen and oxygen atoms in total. The van der Waals surface area contributed by atoms with Gasteiger partial charge in [-0.15, -0.1) is 0 Å². The molecule has 2 heteroatoms. The van der Waals surface area contributed by atoms with Crippen molar-refractivity contribution < 1.29 is 9.90 Å². The molecule has 0 aliphatic carbocycles. The molecule has 0 aromatic rings. The molecule has 0 heterocycles. The summed E-state index contributed by atoms with van der Waals surface area (Å²) in [5, 5.41) is 10.5. The first-order valence-electron chi connectivity index (χ1n) is 19.4. The Morgan fingerprint density at radius 1 is 0.341 bits per heavy atom. The van der Waals surface area contributed by atoms with Crippen LogP contribution in [-0.2, 0) is 4.79 Å². The summed E-state index contributed by atoms with van der Waals surface area (Å²) < 4.78 is 0. The standard InChI is InChI=1S/C39H78O2/c1-4-7-10-13-16-19-21-24-27-30-33-36-39(38(40)41,35-32-29-26-23-18-15-12-9-6-3)37-34-31-28-25-22-20-17-14-11-8-5-2/h4-37H2,1-3H3,(H,40,41). The van der Waals surface area contributed by atoms with Crippen molar-refractivity contribution >= 4 is 5.97 Å². The molecular weight excluding hydrogens is 500 g/mol. The van der Waals surface area contributed by atoms with Gasteiger partial charge in [-0.25, -0.2) is 0 Å². The van der Waals surface area contributed by atoms with Crippen LogP contribution in [-0.4, -0.2) is 11.1 Å². The Bertz CT molecular complexity index is 488. The average molecular weight is 579 g/mol. The van der Waals surface area contributed by atoms with Crippen LogP contribution >= 0.6 is 0 Å². The highest BCUT2D eigenvalue weighted by Gasteiger charge is 2.36. The number of hydrogen-bond donors (Lipinski definition) is 1. The number of unbranched alkanes of at least 4 members (excludes halogenated alkanes) is 28. The van der Waals surface area contributed by atoms with Crippen LogP contribution in [0.5, 0.6) is 0 Å². The molecule has 0 spiro atoms. The summed E-state index contributed by atoms with van der Waals surface area (Å²) >= 11 is 0. The van der Waals surface area contributed by atoms with Gasteiger partial charge in [-0.1, -0.05) is 220 Å². The fraction of sp³-hybridized carbons (Fsp3) is 0.974. The van der Waals surface area contributed by atoms with E-state index in [4.69, 9.17) is 0 Å². The van der Waals surface area contributed by atoms with Crippen molar-refractivity contribution in [1.29, 1.82) is 0 Å². The normalized spacial score (nSPS) is 11.9. The second kappa shape index (κ2) is 32.4. The fourth-order valence-corrected chi connectivity index (χ4v) is 6.73. The van der Waals surface area contributed by atoms with Crippen molar-refractivity contribution in [3.05, 3.63) is 0 Å². The molecule has 0 atom stereocenters. The van der Waals surface area contributed by atoms with Gasteiger partial charge in [-0.2, -0.15) is 0 Å². The van der Waals surface area contributed by atoms with Crippen molar-refractivity contribution in [1.82, 2.24) is 0 Å². The van der Waals surface area contributed by atoms with Crippen LogP contribution in [0.15, 0.2) is 0 Å². The lowest BCUT2D eigenvalue weighted by atomic mass is 9.74. The summed E-state index contributed by atoms with van der Waals surface area (Å²) in [6.45, 7) is 6.85. The molecule has 0 aromatic carbocycles. The van der Waals surface area contributed by atoms with Crippen molar-refractivity contribution in [2.45, 2.75) is 239 Å². The smallest absolute Gasteiger partial charge is 0.309 e. The summed E-state index contributed by atoms with van der Waals surface area (Å²) in [6, 6.07) is 0. The Morgan fingerprint density at radius 3 is 0.683 bits per heavy atom. The topological polar surface area (TPSA) is 37.3 Å². The molecule has 0 aromatic heterocycles. The van der Waals surface area contributed by atoms with Gasteiger partial charge < -0.3 is 5.11 Å². The number of rotatable bonds is 35. The highest BCUT2D eigenvalue weighted by molar-refractivity contribution is 5.74. The van der Waals surface area contributed by atoms with Crippen LogP contribution in [0, 0.1) is 5.41 Å². The van der Waals surface area contributed by atoms with Crippen molar-refractivity contribution in [3.8, 4) is 0 Å². The summed E-state index contributed by atoms with van der Waals surface area (Å²) in [6.07, 6.45) is 43.8. The van der Waals surface area contributed by atoms with Gasteiger partial charge in [0.25, 0.3) is 0 Å². The van der Waals surface area contributed by atoms with E-state index in [-0.39, 0.29) is 0 Å². The number of carboxylic acid groups (broad SMARTS) is 1. The SMILES string of the molecule is CCCCCCCCCCCCCC(CCCCCCCCCCC)(CCCCCCCCCCCCC)C(=O)O. The Hall–Kier alpha value is -0.530. The average Bonchev–Trinajstić information content (AvgIpc) is 2.97. The Balaban J connectivity index is 4.38. The van der Waals surface area contributed by atoms with Crippen LogP contribution in [0.25, 0.3) is 0 Å². The quantitative estimate of drug-likeness (QED) is 0.0759. The molecule has 1 N–H and O–H groups in total. The number of carbonyl (C=O) groups is 1. The molecule has 0 bridgehead atoms. The third-order valence-electron chi connectivity index (χ3n) is 9.73. The second-order valence-electron chi connectivity index (χ2n) is 13.7. The molecule has 0 unspecified atom stereocenters. The zero-order valence-corrected chi connectivity index (χ0v) is 28.9. The van der Waals surface area contributed by atoms with E-state index in [1.165, 1.54) is 180 Å². The van der Waals surface area contributed by atoms with Crippen LogP contribution < -0.4 is 0 Å². The highest BCUT2D eigenvalue weighted by atomic mass is 16.4. The van der Waals surface area contributed by atoms with Gasteiger partial charge in [0.15, 0.2) is 0 Å². The van der Waals surface area contributed by atoms with Crippen LogP contribution in [0.1, 0.15) is 239 Å².